The fourth-order valence-electron chi connectivity index (χ4n) is 3.27. The molecule has 1 saturated carbocycles. The third-order valence-corrected chi connectivity index (χ3v) is 5.18. The summed E-state index contributed by atoms with van der Waals surface area (Å²) >= 11 is 3.75. The van der Waals surface area contributed by atoms with Crippen molar-refractivity contribution in [3.63, 3.8) is 0 Å². The SMILES string of the molecule is Cc1cccc(CC(CBr)C2CCCCCC2)c1. The van der Waals surface area contributed by atoms with Gasteiger partial charge >= 0.3 is 0 Å². The Hall–Kier alpha value is -0.300. The van der Waals surface area contributed by atoms with Gasteiger partial charge in [0.25, 0.3) is 0 Å². The fraction of sp³-hybridized carbons (Fsp3) is 0.647. The highest BCUT2D eigenvalue weighted by molar-refractivity contribution is 9.09. The molecule has 2 rings (SSSR count). The number of halogens is 1. The van der Waals surface area contributed by atoms with Crippen LogP contribution >= 0.6 is 15.9 Å². The lowest BCUT2D eigenvalue weighted by Gasteiger charge is -2.24. The Bertz CT molecular complexity index is 350. The highest BCUT2D eigenvalue weighted by Crippen LogP contribution is 2.32. The average molecular weight is 309 g/mol. The fourth-order valence-corrected chi connectivity index (χ4v) is 4.03. The topological polar surface area (TPSA) is 0 Å². The Morgan fingerprint density at radius 2 is 1.89 bits per heavy atom. The maximum absolute atomic E-state index is 3.75. The Morgan fingerprint density at radius 3 is 2.50 bits per heavy atom. The molecule has 1 fully saturated rings. The van der Waals surface area contributed by atoms with Gasteiger partial charge in [0.1, 0.15) is 0 Å². The first kappa shape index (κ1) is 14.1. The summed E-state index contributed by atoms with van der Waals surface area (Å²) in [6.45, 7) is 2.19. The quantitative estimate of drug-likeness (QED) is 0.507. The van der Waals surface area contributed by atoms with E-state index in [2.05, 4.69) is 47.1 Å². The molecule has 0 saturated heterocycles. The van der Waals surface area contributed by atoms with Crippen molar-refractivity contribution >= 4 is 15.9 Å². The van der Waals surface area contributed by atoms with E-state index in [1.54, 1.807) is 0 Å². The van der Waals surface area contributed by atoms with Crippen molar-refractivity contribution in [2.75, 3.05) is 5.33 Å². The molecule has 0 radical (unpaired) electrons. The zero-order valence-corrected chi connectivity index (χ0v) is 13.1. The van der Waals surface area contributed by atoms with Crippen molar-refractivity contribution in [1.29, 1.82) is 0 Å². The molecule has 0 heterocycles. The number of hydrogen-bond acceptors (Lipinski definition) is 0. The number of alkyl halides is 1. The molecule has 1 aliphatic rings. The molecule has 0 nitrogen and oxygen atoms in total. The number of benzene rings is 1. The summed E-state index contributed by atoms with van der Waals surface area (Å²) in [5.74, 6) is 1.76. The maximum Gasteiger partial charge on any atom is 0.00654 e. The largest absolute Gasteiger partial charge is 0.0925 e. The highest BCUT2D eigenvalue weighted by Gasteiger charge is 2.22. The van der Waals surface area contributed by atoms with Crippen LogP contribution in [0.25, 0.3) is 0 Å². The Balaban J connectivity index is 1.99. The lowest BCUT2D eigenvalue weighted by atomic mass is 9.83. The molecule has 0 N–H and O–H groups in total. The molecular formula is C17H25Br. The molecule has 0 amide bonds. The summed E-state index contributed by atoms with van der Waals surface area (Å²) in [7, 11) is 0. The standard InChI is InChI=1S/C17H25Br/c1-14-7-6-8-15(11-14)12-17(13-18)16-9-4-2-3-5-10-16/h6-8,11,16-17H,2-5,9-10,12-13H2,1H3. The summed E-state index contributed by atoms with van der Waals surface area (Å²) in [6, 6.07) is 9.03. The van der Waals surface area contributed by atoms with Crippen LogP contribution < -0.4 is 0 Å². The van der Waals surface area contributed by atoms with Crippen molar-refractivity contribution in [2.45, 2.75) is 51.9 Å². The van der Waals surface area contributed by atoms with Gasteiger partial charge in [0.05, 0.1) is 0 Å². The van der Waals surface area contributed by atoms with Crippen LogP contribution in [0.3, 0.4) is 0 Å². The zero-order chi connectivity index (χ0) is 12.8. The zero-order valence-electron chi connectivity index (χ0n) is 11.5. The first-order valence-electron chi connectivity index (χ1n) is 7.41. The van der Waals surface area contributed by atoms with Crippen LogP contribution in [0, 0.1) is 18.8 Å². The first-order chi connectivity index (χ1) is 8.79. The summed E-state index contributed by atoms with van der Waals surface area (Å²) in [6.07, 6.45) is 9.94. The predicted octanol–water partition coefficient (Wildman–Crippen LogP) is 5.52. The Kier molecular flexibility index (Phi) is 5.75. The van der Waals surface area contributed by atoms with E-state index in [9.17, 15) is 0 Å². The van der Waals surface area contributed by atoms with Gasteiger partial charge in [0.2, 0.25) is 0 Å². The number of rotatable bonds is 4. The lowest BCUT2D eigenvalue weighted by Crippen LogP contribution is -2.18. The van der Waals surface area contributed by atoms with Crippen LogP contribution in [-0.4, -0.2) is 5.33 Å². The molecule has 1 aromatic rings. The molecule has 0 aliphatic heterocycles. The van der Waals surface area contributed by atoms with Gasteiger partial charge in [-0.15, -0.1) is 0 Å². The van der Waals surface area contributed by atoms with Gasteiger partial charge in [-0.2, -0.15) is 0 Å². The van der Waals surface area contributed by atoms with E-state index in [4.69, 9.17) is 0 Å². The monoisotopic (exact) mass is 308 g/mol. The van der Waals surface area contributed by atoms with E-state index in [1.807, 2.05) is 0 Å². The average Bonchev–Trinajstić information content (AvgIpc) is 2.65. The van der Waals surface area contributed by atoms with Crippen molar-refractivity contribution in [1.82, 2.24) is 0 Å². The van der Waals surface area contributed by atoms with Crippen molar-refractivity contribution in [3.8, 4) is 0 Å². The van der Waals surface area contributed by atoms with Crippen LogP contribution in [0.15, 0.2) is 24.3 Å². The van der Waals surface area contributed by atoms with Crippen LogP contribution in [-0.2, 0) is 6.42 Å². The minimum absolute atomic E-state index is 0.824. The lowest BCUT2D eigenvalue weighted by molar-refractivity contribution is 0.325. The smallest absolute Gasteiger partial charge is 0.00654 e. The summed E-state index contributed by atoms with van der Waals surface area (Å²) < 4.78 is 0. The molecular weight excluding hydrogens is 284 g/mol. The van der Waals surface area contributed by atoms with Crippen LogP contribution in [0.5, 0.6) is 0 Å². The van der Waals surface area contributed by atoms with E-state index in [-0.39, 0.29) is 0 Å². The van der Waals surface area contributed by atoms with Crippen LogP contribution in [0.1, 0.15) is 49.7 Å². The Labute approximate surface area is 120 Å². The van der Waals surface area contributed by atoms with Gasteiger partial charge in [-0.05, 0) is 30.7 Å². The second-order valence-corrected chi connectivity index (χ2v) is 6.51. The molecule has 1 heteroatoms. The molecule has 0 aromatic heterocycles. The van der Waals surface area contributed by atoms with Crippen molar-refractivity contribution in [3.05, 3.63) is 35.4 Å². The second kappa shape index (κ2) is 7.33. The molecule has 1 unspecified atom stereocenters. The summed E-state index contributed by atoms with van der Waals surface area (Å²) in [4.78, 5) is 0. The van der Waals surface area contributed by atoms with E-state index in [1.165, 1.54) is 56.1 Å². The summed E-state index contributed by atoms with van der Waals surface area (Å²) in [5.41, 5.74) is 2.91. The van der Waals surface area contributed by atoms with E-state index < -0.39 is 0 Å². The number of hydrogen-bond donors (Lipinski definition) is 0. The molecule has 18 heavy (non-hydrogen) atoms. The minimum atomic E-state index is 0.824. The van der Waals surface area contributed by atoms with E-state index in [0.717, 1.165) is 17.2 Å². The molecule has 100 valence electrons. The first-order valence-corrected chi connectivity index (χ1v) is 8.53. The minimum Gasteiger partial charge on any atom is -0.0925 e. The normalized spacial score (nSPS) is 19.4. The maximum atomic E-state index is 3.75. The Morgan fingerprint density at radius 1 is 1.17 bits per heavy atom. The molecule has 0 spiro atoms. The molecule has 0 bridgehead atoms. The predicted molar refractivity (Wildman–Crippen MR) is 83.4 cm³/mol. The third kappa shape index (κ3) is 4.12. The van der Waals surface area contributed by atoms with Gasteiger partial charge in [0.15, 0.2) is 0 Å². The van der Waals surface area contributed by atoms with Gasteiger partial charge < -0.3 is 0 Å². The van der Waals surface area contributed by atoms with E-state index >= 15 is 0 Å². The molecule has 1 atom stereocenters. The van der Waals surface area contributed by atoms with Crippen LogP contribution in [0.4, 0.5) is 0 Å². The van der Waals surface area contributed by atoms with E-state index in [0.29, 0.717) is 0 Å². The number of aryl methyl sites for hydroxylation is 1. The molecule has 1 aromatic carbocycles. The second-order valence-electron chi connectivity index (χ2n) is 5.86. The van der Waals surface area contributed by atoms with Gasteiger partial charge in [-0.3, -0.25) is 0 Å². The molecule has 1 aliphatic carbocycles. The summed E-state index contributed by atoms with van der Waals surface area (Å²) in [5, 5.41) is 1.16. The van der Waals surface area contributed by atoms with Gasteiger partial charge in [-0.1, -0.05) is 84.3 Å². The highest BCUT2D eigenvalue weighted by atomic mass is 79.9. The van der Waals surface area contributed by atoms with Crippen molar-refractivity contribution < 1.29 is 0 Å². The van der Waals surface area contributed by atoms with Crippen LogP contribution in [0.2, 0.25) is 0 Å². The van der Waals surface area contributed by atoms with Crippen molar-refractivity contribution in [2.24, 2.45) is 11.8 Å². The third-order valence-electron chi connectivity index (χ3n) is 4.35. The van der Waals surface area contributed by atoms with Gasteiger partial charge in [0, 0.05) is 5.33 Å². The van der Waals surface area contributed by atoms with Gasteiger partial charge in [-0.25, -0.2) is 0 Å².